The number of aliphatic carboxylic acids is 1. The van der Waals surface area contributed by atoms with Crippen LogP contribution in [-0.2, 0) is 9.59 Å². The molecule has 2 aliphatic rings. The Morgan fingerprint density at radius 3 is 2.52 bits per heavy atom. The van der Waals surface area contributed by atoms with Gasteiger partial charge in [0.15, 0.2) is 0 Å². The molecular weight excluding hydrogens is 266 g/mol. The lowest BCUT2D eigenvalue weighted by molar-refractivity contribution is -0.142. The van der Waals surface area contributed by atoms with Crippen LogP contribution in [0.15, 0.2) is 30.3 Å². The third-order valence-electron chi connectivity index (χ3n) is 4.93. The fourth-order valence-corrected chi connectivity index (χ4v) is 3.37. The molecule has 2 aliphatic carbocycles. The van der Waals surface area contributed by atoms with E-state index in [2.05, 4.69) is 17.4 Å². The van der Waals surface area contributed by atoms with Crippen molar-refractivity contribution in [3.8, 4) is 0 Å². The van der Waals surface area contributed by atoms with Crippen molar-refractivity contribution in [3.05, 3.63) is 35.9 Å². The third-order valence-corrected chi connectivity index (χ3v) is 4.93. The van der Waals surface area contributed by atoms with E-state index in [1.54, 1.807) is 0 Å². The topological polar surface area (TPSA) is 66.4 Å². The maximum absolute atomic E-state index is 12.2. The largest absolute Gasteiger partial charge is 0.481 e. The number of amides is 1. The maximum Gasteiger partial charge on any atom is 0.303 e. The number of nitrogens with one attached hydrogen (secondary N) is 1. The first kappa shape index (κ1) is 14.1. The Balaban J connectivity index is 1.51. The average Bonchev–Trinajstić information content (AvgIpc) is 3.22. The smallest absolute Gasteiger partial charge is 0.303 e. The zero-order chi connectivity index (χ0) is 14.9. The van der Waals surface area contributed by atoms with Gasteiger partial charge in [0.05, 0.1) is 6.42 Å². The van der Waals surface area contributed by atoms with Crippen LogP contribution < -0.4 is 5.32 Å². The van der Waals surface area contributed by atoms with Crippen molar-refractivity contribution in [2.45, 2.75) is 38.0 Å². The lowest BCUT2D eigenvalue weighted by atomic mass is 9.66. The first-order chi connectivity index (χ1) is 10.1. The molecule has 1 aromatic carbocycles. The summed E-state index contributed by atoms with van der Waals surface area (Å²) in [6, 6.07) is 10.1. The van der Waals surface area contributed by atoms with Crippen LogP contribution in [0.1, 0.15) is 43.6 Å². The molecule has 2 atom stereocenters. The summed E-state index contributed by atoms with van der Waals surface area (Å²) in [5.41, 5.74) is 1.03. The standard InChI is InChI=1S/C17H21NO3/c19-15(20)10-17(7-4-8-17)11-18-16(21)14-9-13(14)12-5-2-1-3-6-12/h1-3,5-6,13-14H,4,7-11H2,(H,18,21)(H,19,20). The Kier molecular flexibility index (Phi) is 3.70. The van der Waals surface area contributed by atoms with Crippen LogP contribution >= 0.6 is 0 Å². The number of hydrogen-bond acceptors (Lipinski definition) is 2. The normalized spacial score (nSPS) is 25.7. The quantitative estimate of drug-likeness (QED) is 0.845. The van der Waals surface area contributed by atoms with Crippen LogP contribution in [0.3, 0.4) is 0 Å². The highest BCUT2D eigenvalue weighted by Gasteiger charge is 2.45. The highest BCUT2D eigenvalue weighted by molar-refractivity contribution is 5.83. The van der Waals surface area contributed by atoms with Crippen LogP contribution in [-0.4, -0.2) is 23.5 Å². The van der Waals surface area contributed by atoms with Gasteiger partial charge >= 0.3 is 5.97 Å². The van der Waals surface area contributed by atoms with E-state index in [4.69, 9.17) is 5.11 Å². The Labute approximate surface area is 124 Å². The summed E-state index contributed by atoms with van der Waals surface area (Å²) < 4.78 is 0. The molecule has 0 aliphatic heterocycles. The summed E-state index contributed by atoms with van der Waals surface area (Å²) >= 11 is 0. The minimum absolute atomic E-state index is 0.0642. The monoisotopic (exact) mass is 287 g/mol. The van der Waals surface area contributed by atoms with E-state index < -0.39 is 5.97 Å². The van der Waals surface area contributed by atoms with Gasteiger partial charge in [-0.15, -0.1) is 0 Å². The molecule has 0 heterocycles. The second-order valence-electron chi connectivity index (χ2n) is 6.50. The second-order valence-corrected chi connectivity index (χ2v) is 6.50. The van der Waals surface area contributed by atoms with E-state index in [-0.39, 0.29) is 23.7 Å². The number of benzene rings is 1. The minimum atomic E-state index is -0.766. The molecule has 4 heteroatoms. The van der Waals surface area contributed by atoms with Crippen molar-refractivity contribution in [2.75, 3.05) is 6.54 Å². The third kappa shape index (κ3) is 3.09. The van der Waals surface area contributed by atoms with Crippen molar-refractivity contribution in [3.63, 3.8) is 0 Å². The van der Waals surface area contributed by atoms with Crippen LogP contribution in [0, 0.1) is 11.3 Å². The fraction of sp³-hybridized carbons (Fsp3) is 0.529. The first-order valence-electron chi connectivity index (χ1n) is 7.64. The van der Waals surface area contributed by atoms with E-state index in [9.17, 15) is 9.59 Å². The molecule has 0 aromatic heterocycles. The van der Waals surface area contributed by atoms with Gasteiger partial charge in [0, 0.05) is 12.5 Å². The summed E-state index contributed by atoms with van der Waals surface area (Å²) in [5.74, 6) is -0.282. The summed E-state index contributed by atoms with van der Waals surface area (Å²) in [4.78, 5) is 23.1. The molecule has 0 bridgehead atoms. The van der Waals surface area contributed by atoms with Crippen molar-refractivity contribution in [1.82, 2.24) is 5.32 Å². The summed E-state index contributed by atoms with van der Waals surface area (Å²) in [6.07, 6.45) is 3.96. The molecule has 21 heavy (non-hydrogen) atoms. The molecule has 2 N–H and O–H groups in total. The average molecular weight is 287 g/mol. The van der Waals surface area contributed by atoms with Crippen molar-refractivity contribution in [1.29, 1.82) is 0 Å². The van der Waals surface area contributed by atoms with Crippen LogP contribution in [0.2, 0.25) is 0 Å². The molecule has 1 aromatic rings. The molecule has 3 rings (SSSR count). The SMILES string of the molecule is O=C(O)CC1(CNC(=O)C2CC2c2ccccc2)CCC1. The van der Waals surface area contributed by atoms with E-state index in [0.717, 1.165) is 25.7 Å². The van der Waals surface area contributed by atoms with Crippen molar-refractivity contribution >= 4 is 11.9 Å². The van der Waals surface area contributed by atoms with Gasteiger partial charge in [-0.25, -0.2) is 0 Å². The van der Waals surface area contributed by atoms with E-state index in [1.165, 1.54) is 5.56 Å². The molecule has 2 fully saturated rings. The van der Waals surface area contributed by atoms with Gasteiger partial charge in [-0.2, -0.15) is 0 Å². The maximum atomic E-state index is 12.2. The predicted molar refractivity (Wildman–Crippen MR) is 78.8 cm³/mol. The number of carboxylic acid groups (broad SMARTS) is 1. The Hall–Kier alpha value is -1.84. The second kappa shape index (κ2) is 5.51. The number of carbonyl (C=O) groups is 2. The van der Waals surface area contributed by atoms with Crippen LogP contribution in [0.4, 0.5) is 0 Å². The lowest BCUT2D eigenvalue weighted by Gasteiger charge is -2.40. The first-order valence-corrected chi connectivity index (χ1v) is 7.64. The van der Waals surface area contributed by atoms with Crippen molar-refractivity contribution in [2.24, 2.45) is 11.3 Å². The fourth-order valence-electron chi connectivity index (χ4n) is 3.37. The molecule has 2 saturated carbocycles. The molecule has 4 nitrogen and oxygen atoms in total. The molecule has 0 radical (unpaired) electrons. The van der Waals surface area contributed by atoms with Gasteiger partial charge < -0.3 is 10.4 Å². The summed E-state index contributed by atoms with van der Waals surface area (Å²) in [6.45, 7) is 0.510. The van der Waals surface area contributed by atoms with Gasteiger partial charge in [0.25, 0.3) is 0 Å². The molecule has 2 unspecified atom stereocenters. The number of rotatable bonds is 6. The number of carbonyl (C=O) groups excluding carboxylic acids is 1. The minimum Gasteiger partial charge on any atom is -0.481 e. The predicted octanol–water partition coefficient (Wildman–Crippen LogP) is 2.55. The molecule has 1 amide bonds. The Morgan fingerprint density at radius 2 is 1.95 bits per heavy atom. The molecule has 112 valence electrons. The van der Waals surface area contributed by atoms with Gasteiger partial charge in [0.2, 0.25) is 5.91 Å². The molecule has 0 spiro atoms. The van der Waals surface area contributed by atoms with E-state index >= 15 is 0 Å². The molecular formula is C17H21NO3. The molecule has 0 saturated heterocycles. The van der Waals surface area contributed by atoms with Gasteiger partial charge in [-0.05, 0) is 36.2 Å². The summed E-state index contributed by atoms with van der Waals surface area (Å²) in [5, 5.41) is 12.0. The van der Waals surface area contributed by atoms with Gasteiger partial charge in [0.1, 0.15) is 0 Å². The van der Waals surface area contributed by atoms with E-state index in [0.29, 0.717) is 12.5 Å². The van der Waals surface area contributed by atoms with Crippen molar-refractivity contribution < 1.29 is 14.7 Å². The zero-order valence-electron chi connectivity index (χ0n) is 12.0. The Morgan fingerprint density at radius 1 is 1.24 bits per heavy atom. The van der Waals surface area contributed by atoms with Gasteiger partial charge in [-0.3, -0.25) is 9.59 Å². The highest BCUT2D eigenvalue weighted by atomic mass is 16.4. The summed E-state index contributed by atoms with van der Waals surface area (Å²) in [7, 11) is 0. The number of hydrogen-bond donors (Lipinski definition) is 2. The lowest BCUT2D eigenvalue weighted by Crippen LogP contribution is -2.44. The van der Waals surface area contributed by atoms with Crippen LogP contribution in [0.5, 0.6) is 0 Å². The zero-order valence-corrected chi connectivity index (χ0v) is 12.0. The Bertz CT molecular complexity index is 536. The highest BCUT2D eigenvalue weighted by Crippen LogP contribution is 2.48. The van der Waals surface area contributed by atoms with Crippen LogP contribution in [0.25, 0.3) is 0 Å². The van der Waals surface area contributed by atoms with Gasteiger partial charge in [-0.1, -0.05) is 36.8 Å². The van der Waals surface area contributed by atoms with E-state index in [1.807, 2.05) is 18.2 Å². The number of carboxylic acids is 1.